The van der Waals surface area contributed by atoms with Gasteiger partial charge in [0.1, 0.15) is 0 Å². The van der Waals surface area contributed by atoms with Crippen molar-refractivity contribution < 1.29 is 19.8 Å². The Morgan fingerprint density at radius 2 is 1.82 bits per heavy atom. The molecule has 0 unspecified atom stereocenters. The van der Waals surface area contributed by atoms with Gasteiger partial charge in [-0.25, -0.2) is 0 Å². The molecule has 0 fully saturated rings. The minimum atomic E-state index is -0.813. The Bertz CT molecular complexity index is 652. The normalized spacial score (nSPS) is 12.0. The van der Waals surface area contributed by atoms with Crippen LogP contribution in [0.5, 0.6) is 11.5 Å². The minimum absolute atomic E-state index is 0.0323. The van der Waals surface area contributed by atoms with Crippen molar-refractivity contribution in [2.45, 2.75) is 40.2 Å². The summed E-state index contributed by atoms with van der Waals surface area (Å²) < 4.78 is 0. The van der Waals surface area contributed by atoms with Crippen molar-refractivity contribution in [3.63, 3.8) is 0 Å². The lowest BCUT2D eigenvalue weighted by Crippen LogP contribution is -2.40. The lowest BCUT2D eigenvalue weighted by molar-refractivity contribution is -0.119. The molecule has 0 saturated carbocycles. The number of amides is 1. The number of ketones is 1. The first-order chi connectivity index (χ1) is 10.1. The van der Waals surface area contributed by atoms with Crippen LogP contribution in [0.3, 0.4) is 0 Å². The molecule has 0 heterocycles. The summed E-state index contributed by atoms with van der Waals surface area (Å²) in [5.74, 6) is -2.02. The molecule has 1 rings (SSSR count). The Morgan fingerprint density at radius 3 is 2.32 bits per heavy atom. The van der Waals surface area contributed by atoms with Crippen LogP contribution in [-0.4, -0.2) is 27.9 Å². The van der Waals surface area contributed by atoms with Crippen molar-refractivity contribution in [2.75, 3.05) is 0 Å². The van der Waals surface area contributed by atoms with Crippen molar-refractivity contribution in [1.29, 1.82) is 0 Å². The highest BCUT2D eigenvalue weighted by Crippen LogP contribution is 2.21. The third-order valence-electron chi connectivity index (χ3n) is 3.28. The van der Waals surface area contributed by atoms with Gasteiger partial charge in [-0.05, 0) is 43.9 Å². The maximum absolute atomic E-state index is 12.3. The highest BCUT2D eigenvalue weighted by atomic mass is 16.3. The average Bonchev–Trinajstić information content (AvgIpc) is 2.49. The molecule has 1 aromatic carbocycles. The zero-order chi connectivity index (χ0) is 17.0. The molecule has 3 N–H and O–H groups in total. The number of nitrogens with one attached hydrogen (secondary N) is 1. The quantitative estimate of drug-likeness (QED) is 0.765. The van der Waals surface area contributed by atoms with E-state index >= 15 is 0 Å². The maximum atomic E-state index is 12.3. The van der Waals surface area contributed by atoms with Gasteiger partial charge >= 0.3 is 0 Å². The standard InChI is InChI=1S/C16H21NO5/c1-8(2)5-12(10(4)18)17-16(22)11-7-14(20)15(21)13(19)6-9(11)3/h6-8,12H,5H2,1-4H3,(H,17,22)(H2,19,20,21)/t12-/m0/s1. The van der Waals surface area contributed by atoms with Crippen LogP contribution in [0, 0.1) is 12.8 Å². The first kappa shape index (κ1) is 17.7. The summed E-state index contributed by atoms with van der Waals surface area (Å²) >= 11 is 0. The number of carbonyl (C=O) groups excluding carboxylic acids is 2. The summed E-state index contributed by atoms with van der Waals surface area (Å²) in [5, 5.41) is 21.6. The third kappa shape index (κ3) is 4.31. The zero-order valence-electron chi connectivity index (χ0n) is 13.1. The number of aryl methyl sites for hydroxylation is 1. The molecule has 0 bridgehead atoms. The number of Topliss-reactive ketones (excluding diaryl/α,β-unsaturated/α-hetero) is 1. The summed E-state index contributed by atoms with van der Waals surface area (Å²) in [4.78, 5) is 35.4. The number of rotatable bonds is 5. The lowest BCUT2D eigenvalue weighted by Gasteiger charge is -2.18. The fourth-order valence-electron chi connectivity index (χ4n) is 2.07. The molecule has 6 nitrogen and oxygen atoms in total. The van der Waals surface area contributed by atoms with E-state index in [1.807, 2.05) is 13.8 Å². The van der Waals surface area contributed by atoms with Gasteiger partial charge < -0.3 is 15.5 Å². The second kappa shape index (κ2) is 7.06. The number of aromatic hydroxyl groups is 2. The van der Waals surface area contributed by atoms with Gasteiger partial charge in [0.25, 0.3) is 5.91 Å². The minimum Gasteiger partial charge on any atom is -0.504 e. The van der Waals surface area contributed by atoms with Crippen molar-refractivity contribution in [2.24, 2.45) is 5.92 Å². The molecule has 1 amide bonds. The average molecular weight is 307 g/mol. The predicted octanol–water partition coefficient (Wildman–Crippen LogP) is 1.50. The second-order valence-corrected chi connectivity index (χ2v) is 5.75. The Hall–Kier alpha value is -2.37. The smallest absolute Gasteiger partial charge is 0.252 e. The molecule has 120 valence electrons. The lowest BCUT2D eigenvalue weighted by atomic mass is 10.0. The van der Waals surface area contributed by atoms with E-state index in [1.54, 1.807) is 0 Å². The van der Waals surface area contributed by atoms with E-state index in [2.05, 4.69) is 5.32 Å². The molecule has 0 aliphatic carbocycles. The van der Waals surface area contributed by atoms with Crippen molar-refractivity contribution in [1.82, 2.24) is 5.32 Å². The topological polar surface area (TPSA) is 104 Å². The summed E-state index contributed by atoms with van der Waals surface area (Å²) in [6.45, 7) is 6.78. The molecule has 0 spiro atoms. The van der Waals surface area contributed by atoms with E-state index in [9.17, 15) is 24.6 Å². The molecule has 22 heavy (non-hydrogen) atoms. The van der Waals surface area contributed by atoms with E-state index in [0.717, 1.165) is 12.1 Å². The van der Waals surface area contributed by atoms with Gasteiger partial charge in [-0.2, -0.15) is 0 Å². The molecule has 0 aliphatic rings. The van der Waals surface area contributed by atoms with Crippen molar-refractivity contribution >= 4 is 11.7 Å². The van der Waals surface area contributed by atoms with E-state index in [0.29, 0.717) is 12.0 Å². The molecule has 0 aliphatic heterocycles. The number of hydrogen-bond acceptors (Lipinski definition) is 5. The molecule has 1 atom stereocenters. The monoisotopic (exact) mass is 307 g/mol. The predicted molar refractivity (Wildman–Crippen MR) is 82.2 cm³/mol. The van der Waals surface area contributed by atoms with Gasteiger partial charge in [0, 0.05) is 5.56 Å². The highest BCUT2D eigenvalue weighted by molar-refractivity contribution is 5.98. The summed E-state index contributed by atoms with van der Waals surface area (Å²) in [6, 6.07) is 1.45. The third-order valence-corrected chi connectivity index (χ3v) is 3.28. The summed E-state index contributed by atoms with van der Waals surface area (Å²) in [6.07, 6.45) is 0.489. The number of hydrogen-bond donors (Lipinski definition) is 3. The van der Waals surface area contributed by atoms with Crippen LogP contribution in [0.4, 0.5) is 0 Å². The SMILES string of the molecule is CC(=O)[C@H](CC(C)C)NC(=O)c1cc(O)c(O)c(=O)cc1C. The summed E-state index contributed by atoms with van der Waals surface area (Å²) in [5.41, 5.74) is -0.450. The molecule has 6 heteroatoms. The van der Waals surface area contributed by atoms with E-state index in [1.165, 1.54) is 13.8 Å². The molecule has 0 aromatic heterocycles. The largest absolute Gasteiger partial charge is 0.504 e. The first-order valence-electron chi connectivity index (χ1n) is 7.01. The fourth-order valence-corrected chi connectivity index (χ4v) is 2.07. The Labute approximate surface area is 128 Å². The number of carbonyl (C=O) groups is 2. The zero-order valence-corrected chi connectivity index (χ0v) is 13.1. The van der Waals surface area contributed by atoms with Gasteiger partial charge in [0.2, 0.25) is 11.2 Å². The van der Waals surface area contributed by atoms with Crippen LogP contribution in [-0.2, 0) is 4.79 Å². The van der Waals surface area contributed by atoms with E-state index in [4.69, 9.17) is 0 Å². The second-order valence-electron chi connectivity index (χ2n) is 5.75. The highest BCUT2D eigenvalue weighted by Gasteiger charge is 2.21. The van der Waals surface area contributed by atoms with Gasteiger partial charge in [-0.3, -0.25) is 14.4 Å². The van der Waals surface area contributed by atoms with E-state index in [-0.39, 0.29) is 17.3 Å². The van der Waals surface area contributed by atoms with Gasteiger partial charge in [0.05, 0.1) is 6.04 Å². The molecule has 0 radical (unpaired) electrons. The van der Waals surface area contributed by atoms with Crippen LogP contribution < -0.4 is 10.7 Å². The fraction of sp³-hybridized carbons (Fsp3) is 0.438. The maximum Gasteiger partial charge on any atom is 0.252 e. The van der Waals surface area contributed by atoms with E-state index < -0.39 is 28.9 Å². The van der Waals surface area contributed by atoms with Crippen molar-refractivity contribution in [3.05, 3.63) is 33.5 Å². The molecular weight excluding hydrogens is 286 g/mol. The molecule has 1 aromatic rings. The Kier molecular flexibility index (Phi) is 5.68. The summed E-state index contributed by atoms with van der Waals surface area (Å²) in [7, 11) is 0. The van der Waals surface area contributed by atoms with Gasteiger partial charge in [-0.15, -0.1) is 0 Å². The van der Waals surface area contributed by atoms with Crippen LogP contribution in [0.15, 0.2) is 16.9 Å². The van der Waals surface area contributed by atoms with Crippen LogP contribution in [0.1, 0.15) is 43.1 Å². The van der Waals surface area contributed by atoms with Crippen molar-refractivity contribution in [3.8, 4) is 11.5 Å². The molecule has 0 saturated heterocycles. The van der Waals surface area contributed by atoms with Crippen LogP contribution in [0.2, 0.25) is 0 Å². The van der Waals surface area contributed by atoms with Gasteiger partial charge in [0.15, 0.2) is 11.5 Å². The van der Waals surface area contributed by atoms with Crippen LogP contribution >= 0.6 is 0 Å². The molecular formula is C16H21NO5. The Balaban J connectivity index is 3.18. The van der Waals surface area contributed by atoms with Gasteiger partial charge in [-0.1, -0.05) is 13.8 Å². The first-order valence-corrected chi connectivity index (χ1v) is 7.01. The Morgan fingerprint density at radius 1 is 1.23 bits per heavy atom. The van der Waals surface area contributed by atoms with Crippen LogP contribution in [0.25, 0.3) is 0 Å².